The summed E-state index contributed by atoms with van der Waals surface area (Å²) in [5, 5.41) is 8.18. The first kappa shape index (κ1) is 9.20. The van der Waals surface area contributed by atoms with Crippen molar-refractivity contribution < 1.29 is 8.78 Å². The Morgan fingerprint density at radius 2 is 2.08 bits per heavy atom. The molecule has 1 rings (SSSR count). The van der Waals surface area contributed by atoms with Gasteiger partial charge in [0.05, 0.1) is 6.07 Å². The molecular weight excluding hydrogens is 174 g/mol. The first-order valence-corrected chi connectivity index (χ1v) is 3.46. The van der Waals surface area contributed by atoms with Crippen molar-refractivity contribution in [2.24, 2.45) is 0 Å². The summed E-state index contributed by atoms with van der Waals surface area (Å²) in [6.07, 6.45) is 2.17. The molecule has 1 aromatic rings. The average Bonchev–Trinajstić information content (AvgIpc) is 2.12. The Morgan fingerprint density at radius 3 is 2.69 bits per heavy atom. The van der Waals surface area contributed by atoms with Crippen LogP contribution in [0.1, 0.15) is 5.56 Å². The molecule has 0 aliphatic carbocycles. The van der Waals surface area contributed by atoms with Crippen LogP contribution in [0.5, 0.6) is 0 Å². The standard InChI is InChI=1S/C9H6F2N2/c10-7-3-4-8(13)6(9(7)11)2-1-5-12/h1-4H,13H2. The summed E-state index contributed by atoms with van der Waals surface area (Å²) in [5.41, 5.74) is 5.37. The Morgan fingerprint density at radius 1 is 1.38 bits per heavy atom. The number of nitrogens with zero attached hydrogens (tertiary/aromatic N) is 1. The number of rotatable bonds is 1. The van der Waals surface area contributed by atoms with Crippen LogP contribution >= 0.6 is 0 Å². The molecule has 0 atom stereocenters. The lowest BCUT2D eigenvalue weighted by molar-refractivity contribution is 0.507. The average molecular weight is 180 g/mol. The highest BCUT2D eigenvalue weighted by molar-refractivity contribution is 5.66. The van der Waals surface area contributed by atoms with Crippen molar-refractivity contribution in [3.8, 4) is 6.07 Å². The molecule has 0 spiro atoms. The van der Waals surface area contributed by atoms with Crippen molar-refractivity contribution >= 4 is 11.8 Å². The van der Waals surface area contributed by atoms with Crippen LogP contribution in [0.4, 0.5) is 14.5 Å². The first-order valence-electron chi connectivity index (χ1n) is 3.46. The molecule has 66 valence electrons. The Hall–Kier alpha value is -1.89. The third-order valence-corrected chi connectivity index (χ3v) is 1.49. The summed E-state index contributed by atoms with van der Waals surface area (Å²) in [6, 6.07) is 3.85. The van der Waals surface area contributed by atoms with Crippen molar-refractivity contribution in [1.29, 1.82) is 5.26 Å². The zero-order chi connectivity index (χ0) is 9.84. The molecule has 0 saturated heterocycles. The molecule has 0 aliphatic heterocycles. The lowest BCUT2D eigenvalue weighted by atomic mass is 10.1. The van der Waals surface area contributed by atoms with Gasteiger partial charge in [0.15, 0.2) is 11.6 Å². The maximum absolute atomic E-state index is 13.0. The van der Waals surface area contributed by atoms with Gasteiger partial charge in [-0.15, -0.1) is 0 Å². The van der Waals surface area contributed by atoms with Gasteiger partial charge in [0.1, 0.15) is 0 Å². The molecule has 0 heterocycles. The molecule has 1 aromatic carbocycles. The number of anilines is 1. The third-order valence-electron chi connectivity index (χ3n) is 1.49. The lowest BCUT2D eigenvalue weighted by Gasteiger charge is -2.01. The van der Waals surface area contributed by atoms with Crippen LogP contribution in [-0.4, -0.2) is 0 Å². The van der Waals surface area contributed by atoms with Crippen LogP contribution in [0.3, 0.4) is 0 Å². The van der Waals surface area contributed by atoms with Crippen LogP contribution in [-0.2, 0) is 0 Å². The van der Waals surface area contributed by atoms with E-state index in [-0.39, 0.29) is 11.3 Å². The Labute approximate surface area is 73.9 Å². The summed E-state index contributed by atoms with van der Waals surface area (Å²) in [4.78, 5) is 0. The Balaban J connectivity index is 3.27. The van der Waals surface area contributed by atoms with Crippen molar-refractivity contribution in [3.63, 3.8) is 0 Å². The number of hydrogen-bond acceptors (Lipinski definition) is 2. The highest BCUT2D eigenvalue weighted by Gasteiger charge is 2.08. The normalized spacial score (nSPS) is 10.2. The zero-order valence-corrected chi connectivity index (χ0v) is 6.59. The van der Waals surface area contributed by atoms with Crippen LogP contribution in [0, 0.1) is 23.0 Å². The first-order chi connectivity index (χ1) is 6.16. The largest absolute Gasteiger partial charge is 0.398 e. The molecule has 13 heavy (non-hydrogen) atoms. The number of allylic oxidation sites excluding steroid dienone is 1. The maximum atomic E-state index is 13.0. The molecule has 0 unspecified atom stereocenters. The van der Waals surface area contributed by atoms with Gasteiger partial charge < -0.3 is 5.73 Å². The van der Waals surface area contributed by atoms with Crippen molar-refractivity contribution in [2.45, 2.75) is 0 Å². The topological polar surface area (TPSA) is 49.8 Å². The summed E-state index contributed by atoms with van der Waals surface area (Å²) >= 11 is 0. The van der Waals surface area contributed by atoms with Gasteiger partial charge in [-0.1, -0.05) is 0 Å². The second-order valence-corrected chi connectivity index (χ2v) is 2.33. The van der Waals surface area contributed by atoms with Crippen molar-refractivity contribution in [1.82, 2.24) is 0 Å². The van der Waals surface area contributed by atoms with E-state index >= 15 is 0 Å². The predicted molar refractivity (Wildman–Crippen MR) is 45.4 cm³/mol. The van der Waals surface area contributed by atoms with Crippen molar-refractivity contribution in [3.05, 3.63) is 35.4 Å². The third kappa shape index (κ3) is 1.82. The minimum atomic E-state index is -1.04. The van der Waals surface area contributed by atoms with Gasteiger partial charge in [0.2, 0.25) is 0 Å². The number of hydrogen-bond donors (Lipinski definition) is 1. The van der Waals surface area contributed by atoms with E-state index in [2.05, 4.69) is 0 Å². The smallest absolute Gasteiger partial charge is 0.168 e. The summed E-state index contributed by atoms with van der Waals surface area (Å²) < 4.78 is 25.6. The van der Waals surface area contributed by atoms with E-state index in [0.29, 0.717) is 0 Å². The van der Waals surface area contributed by atoms with Gasteiger partial charge in [-0.3, -0.25) is 0 Å². The van der Waals surface area contributed by atoms with E-state index < -0.39 is 11.6 Å². The highest BCUT2D eigenvalue weighted by atomic mass is 19.2. The fourth-order valence-electron chi connectivity index (χ4n) is 0.871. The molecule has 0 radical (unpaired) electrons. The fourth-order valence-corrected chi connectivity index (χ4v) is 0.871. The van der Waals surface area contributed by atoms with Crippen LogP contribution in [0.25, 0.3) is 6.08 Å². The molecule has 0 bridgehead atoms. The van der Waals surface area contributed by atoms with Gasteiger partial charge in [0.25, 0.3) is 0 Å². The second kappa shape index (κ2) is 3.68. The monoisotopic (exact) mass is 180 g/mol. The quantitative estimate of drug-likeness (QED) is 0.531. The van der Waals surface area contributed by atoms with E-state index in [4.69, 9.17) is 11.0 Å². The number of nitrogens with two attached hydrogens (primary N) is 1. The Kier molecular flexibility index (Phi) is 2.60. The summed E-state index contributed by atoms with van der Waals surface area (Å²) in [5.74, 6) is -2.02. The number of nitriles is 1. The number of nitrogen functional groups attached to an aromatic ring is 1. The molecular formula is C9H6F2N2. The van der Waals surface area contributed by atoms with E-state index in [1.165, 1.54) is 6.07 Å². The molecule has 0 saturated carbocycles. The van der Waals surface area contributed by atoms with Gasteiger partial charge in [-0.2, -0.15) is 5.26 Å². The minimum absolute atomic E-state index is 0.0958. The molecule has 0 aromatic heterocycles. The molecule has 2 N–H and O–H groups in total. The lowest BCUT2D eigenvalue weighted by Crippen LogP contribution is -1.95. The zero-order valence-electron chi connectivity index (χ0n) is 6.59. The van der Waals surface area contributed by atoms with Gasteiger partial charge in [-0.05, 0) is 18.2 Å². The molecule has 0 aliphatic rings. The van der Waals surface area contributed by atoms with E-state index in [9.17, 15) is 8.78 Å². The van der Waals surface area contributed by atoms with Gasteiger partial charge in [-0.25, -0.2) is 8.78 Å². The van der Waals surface area contributed by atoms with Crippen LogP contribution in [0.15, 0.2) is 18.2 Å². The van der Waals surface area contributed by atoms with Gasteiger partial charge >= 0.3 is 0 Å². The Bertz CT molecular complexity index is 391. The van der Waals surface area contributed by atoms with Crippen LogP contribution < -0.4 is 5.73 Å². The molecule has 4 heteroatoms. The highest BCUT2D eigenvalue weighted by Crippen LogP contribution is 2.19. The van der Waals surface area contributed by atoms with E-state index in [0.717, 1.165) is 18.2 Å². The maximum Gasteiger partial charge on any atom is 0.168 e. The van der Waals surface area contributed by atoms with Crippen molar-refractivity contribution in [2.75, 3.05) is 5.73 Å². The summed E-state index contributed by atoms with van der Waals surface area (Å²) in [6.45, 7) is 0. The van der Waals surface area contributed by atoms with Crippen LogP contribution in [0.2, 0.25) is 0 Å². The second-order valence-electron chi connectivity index (χ2n) is 2.33. The van der Waals surface area contributed by atoms with Gasteiger partial charge in [0, 0.05) is 17.3 Å². The van der Waals surface area contributed by atoms with E-state index in [1.807, 2.05) is 0 Å². The molecule has 2 nitrogen and oxygen atoms in total. The minimum Gasteiger partial charge on any atom is -0.398 e. The predicted octanol–water partition coefficient (Wildman–Crippen LogP) is 2.08. The molecule has 0 amide bonds. The summed E-state index contributed by atoms with van der Waals surface area (Å²) in [7, 11) is 0. The fraction of sp³-hybridized carbons (Fsp3) is 0. The number of benzene rings is 1. The van der Waals surface area contributed by atoms with E-state index in [1.54, 1.807) is 6.07 Å². The SMILES string of the molecule is N#CC=Cc1c(N)ccc(F)c1F. The molecule has 0 fully saturated rings. The number of halogens is 2.